The third-order valence-corrected chi connectivity index (χ3v) is 1.74. The zero-order valence-corrected chi connectivity index (χ0v) is 6.79. The molecule has 12 heavy (non-hydrogen) atoms. The summed E-state index contributed by atoms with van der Waals surface area (Å²) in [6.07, 6.45) is 7.68. The van der Waals surface area contributed by atoms with Crippen molar-refractivity contribution in [3.8, 4) is 0 Å². The van der Waals surface area contributed by atoms with Crippen molar-refractivity contribution < 1.29 is 11.3 Å². The maximum absolute atomic E-state index is 10.5. The summed E-state index contributed by atoms with van der Waals surface area (Å²) in [7, 11) is 0. The van der Waals surface area contributed by atoms with Gasteiger partial charge >= 0.3 is 5.97 Å². The summed E-state index contributed by atoms with van der Waals surface area (Å²) >= 11 is 0. The minimum absolute atomic E-state index is 0.0683. The van der Waals surface area contributed by atoms with Gasteiger partial charge in [-0.3, -0.25) is 4.79 Å². The number of rotatable bonds is 3. The van der Waals surface area contributed by atoms with Crippen molar-refractivity contribution in [1.82, 2.24) is 0 Å². The van der Waals surface area contributed by atoms with Crippen LogP contribution in [-0.2, 0) is 4.79 Å². The maximum atomic E-state index is 10.5. The van der Waals surface area contributed by atoms with Gasteiger partial charge in [0.05, 0.1) is 1.37 Å². The lowest BCUT2D eigenvalue weighted by Gasteiger charge is -2.09. The lowest BCUT2D eigenvalue weighted by Crippen LogP contribution is -2.30. The highest BCUT2D eigenvalue weighted by atomic mass is 16.4. The monoisotopic (exact) mass is 168 g/mol. The summed E-state index contributed by atoms with van der Waals surface area (Å²) in [6.45, 7) is 0. The molecule has 0 aliphatic heterocycles. The van der Waals surface area contributed by atoms with Gasteiger partial charge in [-0.05, 0) is 19.3 Å². The van der Waals surface area contributed by atoms with Crippen LogP contribution in [0.4, 0.5) is 0 Å². The van der Waals surface area contributed by atoms with E-state index in [1.54, 1.807) is 0 Å². The molecule has 0 heterocycles. The first-order valence-electron chi connectivity index (χ1n) is 4.40. The van der Waals surface area contributed by atoms with E-state index in [0.717, 1.165) is 18.4 Å². The molecule has 1 unspecified atom stereocenters. The third kappa shape index (κ3) is 2.51. The van der Waals surface area contributed by atoms with Crippen LogP contribution >= 0.6 is 0 Å². The smallest absolute Gasteiger partial charge is 0.320 e. The molecule has 1 rings (SSSR count). The van der Waals surface area contributed by atoms with Crippen molar-refractivity contribution in [2.24, 2.45) is 5.73 Å². The fourth-order valence-electron chi connectivity index (χ4n) is 1.09. The van der Waals surface area contributed by atoms with Crippen LogP contribution < -0.4 is 5.73 Å². The van der Waals surface area contributed by atoms with Crippen LogP contribution in [0.5, 0.6) is 0 Å². The van der Waals surface area contributed by atoms with Gasteiger partial charge < -0.3 is 10.8 Å². The van der Waals surface area contributed by atoms with E-state index in [-0.39, 0.29) is 6.42 Å². The van der Waals surface area contributed by atoms with Crippen LogP contribution in [-0.4, -0.2) is 17.1 Å². The Labute approximate surface area is 73.0 Å². The minimum atomic E-state index is -1.90. The number of hydrogen-bond donors (Lipinski definition) is 2. The molecule has 0 bridgehead atoms. The molecule has 1 aliphatic carbocycles. The summed E-state index contributed by atoms with van der Waals surface area (Å²) in [5, 5.41) is 8.61. The van der Waals surface area contributed by atoms with Gasteiger partial charge in [-0.25, -0.2) is 0 Å². The standard InChI is InChI=1S/C9H13NO2/c10-8(9(11)12)6-7-4-2-1-3-5-7/h2,4-5,8H,1,3,6,10H2,(H,11,12)/i8D. The zero-order valence-electron chi connectivity index (χ0n) is 7.79. The largest absolute Gasteiger partial charge is 0.480 e. The fourth-order valence-corrected chi connectivity index (χ4v) is 1.09. The number of aliphatic carboxylic acids is 1. The van der Waals surface area contributed by atoms with Gasteiger partial charge in [0.25, 0.3) is 0 Å². The SMILES string of the molecule is [2H]C(N)(CC1=CCCC=C1)C(=O)O. The number of carbonyl (C=O) groups is 1. The highest BCUT2D eigenvalue weighted by Crippen LogP contribution is 2.13. The lowest BCUT2D eigenvalue weighted by molar-refractivity contribution is -0.138. The predicted molar refractivity (Wildman–Crippen MR) is 46.7 cm³/mol. The Morgan fingerprint density at radius 1 is 1.83 bits per heavy atom. The lowest BCUT2D eigenvalue weighted by atomic mass is 10.0. The molecular formula is C9H13NO2. The van der Waals surface area contributed by atoms with E-state index in [9.17, 15) is 4.79 Å². The van der Waals surface area contributed by atoms with E-state index in [1.165, 1.54) is 0 Å². The molecule has 0 saturated heterocycles. The maximum Gasteiger partial charge on any atom is 0.320 e. The third-order valence-electron chi connectivity index (χ3n) is 1.74. The van der Waals surface area contributed by atoms with Gasteiger partial charge in [0, 0.05) is 0 Å². The van der Waals surface area contributed by atoms with Gasteiger partial charge in [-0.15, -0.1) is 0 Å². The predicted octanol–water partition coefficient (Wildman–Crippen LogP) is 1.06. The van der Waals surface area contributed by atoms with Gasteiger partial charge in [-0.1, -0.05) is 23.8 Å². The van der Waals surface area contributed by atoms with Gasteiger partial charge in [-0.2, -0.15) is 0 Å². The number of carboxylic acid groups (broad SMARTS) is 1. The van der Waals surface area contributed by atoms with Gasteiger partial charge in [0.15, 0.2) is 0 Å². The second-order valence-corrected chi connectivity index (χ2v) is 2.77. The van der Waals surface area contributed by atoms with Crippen molar-refractivity contribution in [1.29, 1.82) is 0 Å². The van der Waals surface area contributed by atoms with E-state index in [2.05, 4.69) is 0 Å². The molecule has 3 heteroatoms. The fraction of sp³-hybridized carbons (Fsp3) is 0.444. The molecule has 3 N–H and O–H groups in total. The van der Waals surface area contributed by atoms with Crippen molar-refractivity contribution in [3.05, 3.63) is 23.8 Å². The summed E-state index contributed by atoms with van der Waals surface area (Å²) in [5.41, 5.74) is 6.12. The Morgan fingerprint density at radius 3 is 3.08 bits per heavy atom. The van der Waals surface area contributed by atoms with E-state index in [1.807, 2.05) is 18.2 Å². The van der Waals surface area contributed by atoms with Crippen molar-refractivity contribution in [3.63, 3.8) is 0 Å². The van der Waals surface area contributed by atoms with Crippen LogP contribution in [0.25, 0.3) is 0 Å². The van der Waals surface area contributed by atoms with Crippen LogP contribution in [0.3, 0.4) is 0 Å². The number of hydrogen-bond acceptors (Lipinski definition) is 2. The van der Waals surface area contributed by atoms with Gasteiger partial charge in [0.1, 0.15) is 6.02 Å². The Balaban J connectivity index is 2.62. The normalized spacial score (nSPS) is 22.4. The van der Waals surface area contributed by atoms with Gasteiger partial charge in [0.2, 0.25) is 0 Å². The molecule has 1 atom stereocenters. The topological polar surface area (TPSA) is 63.3 Å². The first-order chi connectivity index (χ1) is 6.02. The Morgan fingerprint density at radius 2 is 2.58 bits per heavy atom. The molecule has 0 aromatic heterocycles. The number of carboxylic acids is 1. The molecule has 0 spiro atoms. The zero-order chi connectivity index (χ0) is 9.90. The minimum Gasteiger partial charge on any atom is -0.480 e. The molecule has 0 saturated carbocycles. The molecule has 1 aliphatic rings. The second kappa shape index (κ2) is 4.07. The Kier molecular flexibility index (Phi) is 2.56. The van der Waals surface area contributed by atoms with Crippen LogP contribution in [0.1, 0.15) is 20.6 Å². The first-order valence-corrected chi connectivity index (χ1v) is 3.90. The Bertz CT molecular complexity index is 269. The molecule has 0 amide bonds. The highest BCUT2D eigenvalue weighted by molar-refractivity contribution is 5.73. The van der Waals surface area contributed by atoms with Crippen LogP contribution in [0.15, 0.2) is 23.8 Å². The molecule has 0 fully saturated rings. The average molecular weight is 168 g/mol. The molecule has 0 aromatic rings. The van der Waals surface area contributed by atoms with Crippen molar-refractivity contribution in [2.75, 3.05) is 0 Å². The molecule has 0 aromatic carbocycles. The molecular weight excluding hydrogens is 154 g/mol. The highest BCUT2D eigenvalue weighted by Gasteiger charge is 2.12. The van der Waals surface area contributed by atoms with Crippen molar-refractivity contribution >= 4 is 5.97 Å². The quantitative estimate of drug-likeness (QED) is 0.662. The Hall–Kier alpha value is -1.09. The van der Waals surface area contributed by atoms with Crippen molar-refractivity contribution in [2.45, 2.75) is 25.3 Å². The molecule has 3 nitrogen and oxygen atoms in total. The van der Waals surface area contributed by atoms with E-state index in [4.69, 9.17) is 12.2 Å². The number of nitrogens with two attached hydrogens (primary N) is 1. The van der Waals surface area contributed by atoms with E-state index < -0.39 is 12.0 Å². The summed E-state index contributed by atoms with van der Waals surface area (Å²) in [5.74, 6) is -1.28. The van der Waals surface area contributed by atoms with Crippen LogP contribution in [0, 0.1) is 0 Å². The van der Waals surface area contributed by atoms with Crippen LogP contribution in [0.2, 0.25) is 0 Å². The average Bonchev–Trinajstić information content (AvgIpc) is 2.05. The second-order valence-electron chi connectivity index (χ2n) is 2.77. The summed E-state index contributed by atoms with van der Waals surface area (Å²) in [4.78, 5) is 10.5. The molecule has 0 radical (unpaired) electrons. The summed E-state index contributed by atoms with van der Waals surface area (Å²) in [6, 6.07) is -1.90. The summed E-state index contributed by atoms with van der Waals surface area (Å²) < 4.78 is 7.32. The number of allylic oxidation sites excluding steroid dienone is 3. The van der Waals surface area contributed by atoms with E-state index in [0.29, 0.717) is 0 Å². The van der Waals surface area contributed by atoms with E-state index >= 15 is 0 Å². The first kappa shape index (κ1) is 7.55. The molecule has 66 valence electrons.